The number of hydrogen-bond acceptors (Lipinski definition) is 4. The summed E-state index contributed by atoms with van der Waals surface area (Å²) in [5, 5.41) is 12.9. The maximum Gasteiger partial charge on any atom is 0.101 e. The van der Waals surface area contributed by atoms with E-state index in [-0.39, 0.29) is 0 Å². The van der Waals surface area contributed by atoms with Gasteiger partial charge in [-0.15, -0.1) is 0 Å². The van der Waals surface area contributed by atoms with Crippen molar-refractivity contribution < 1.29 is 0 Å². The molecule has 0 aliphatic carbocycles. The molecule has 0 amide bonds. The Morgan fingerprint density at radius 1 is 1.25 bits per heavy atom. The van der Waals surface area contributed by atoms with Gasteiger partial charge in [0, 0.05) is 44.5 Å². The molecule has 1 unspecified atom stereocenters. The summed E-state index contributed by atoms with van der Waals surface area (Å²) in [5.74, 6) is 0. The van der Waals surface area contributed by atoms with E-state index in [4.69, 9.17) is 16.9 Å². The lowest BCUT2D eigenvalue weighted by molar-refractivity contribution is 0.196. The number of hydrogen-bond donors (Lipinski definition) is 1. The zero-order chi connectivity index (χ0) is 13.9. The molecule has 3 rings (SSSR count). The van der Waals surface area contributed by atoms with Gasteiger partial charge in [0.05, 0.1) is 10.6 Å². The Kier molecular flexibility index (Phi) is 4.11. The van der Waals surface area contributed by atoms with Gasteiger partial charge in [0.2, 0.25) is 0 Å². The van der Waals surface area contributed by atoms with Crippen molar-refractivity contribution in [1.29, 1.82) is 5.26 Å². The van der Waals surface area contributed by atoms with Crippen molar-refractivity contribution in [3.8, 4) is 6.07 Å². The third-order valence-electron chi connectivity index (χ3n) is 4.30. The van der Waals surface area contributed by atoms with Crippen LogP contribution in [0.25, 0.3) is 0 Å². The highest BCUT2D eigenvalue weighted by molar-refractivity contribution is 6.32. The zero-order valence-corrected chi connectivity index (χ0v) is 12.2. The molecular weight excluding hydrogens is 272 g/mol. The highest BCUT2D eigenvalue weighted by Gasteiger charge is 2.26. The summed E-state index contributed by atoms with van der Waals surface area (Å²) >= 11 is 6.11. The van der Waals surface area contributed by atoms with Gasteiger partial charge in [0.1, 0.15) is 6.07 Å². The van der Waals surface area contributed by atoms with Crippen LogP contribution < -0.4 is 10.2 Å². The van der Waals surface area contributed by atoms with Gasteiger partial charge in [-0.1, -0.05) is 11.6 Å². The van der Waals surface area contributed by atoms with E-state index in [1.807, 2.05) is 18.2 Å². The fourth-order valence-corrected chi connectivity index (χ4v) is 3.30. The first kappa shape index (κ1) is 13.7. The summed E-state index contributed by atoms with van der Waals surface area (Å²) in [7, 11) is 0. The van der Waals surface area contributed by atoms with Gasteiger partial charge < -0.3 is 10.2 Å². The maximum atomic E-state index is 8.92. The molecule has 0 aromatic heterocycles. The number of halogens is 1. The quantitative estimate of drug-likeness (QED) is 0.900. The summed E-state index contributed by atoms with van der Waals surface area (Å²) in [6.07, 6.45) is 1.27. The predicted molar refractivity (Wildman–Crippen MR) is 81.2 cm³/mol. The first-order valence-corrected chi connectivity index (χ1v) is 7.55. The average Bonchev–Trinajstić information content (AvgIpc) is 3.01. The standard InChI is InChI=1S/C15H19ClN4/c16-15-9-13(2-1-12(15)10-17)19-5-7-20(8-6-19)14-3-4-18-11-14/h1-2,9,14,18H,3-8,11H2. The monoisotopic (exact) mass is 290 g/mol. The highest BCUT2D eigenvalue weighted by Crippen LogP contribution is 2.24. The molecular formula is C15H19ClN4. The molecule has 2 aliphatic rings. The molecule has 2 aliphatic heterocycles. The van der Waals surface area contributed by atoms with Gasteiger partial charge in [0.15, 0.2) is 0 Å². The maximum absolute atomic E-state index is 8.92. The van der Waals surface area contributed by atoms with Crippen molar-refractivity contribution >= 4 is 17.3 Å². The molecule has 1 atom stereocenters. The SMILES string of the molecule is N#Cc1ccc(N2CCN(C3CCNC3)CC2)cc1Cl. The van der Waals surface area contributed by atoms with Gasteiger partial charge in [0.25, 0.3) is 0 Å². The van der Waals surface area contributed by atoms with Crippen molar-refractivity contribution in [2.24, 2.45) is 0 Å². The molecule has 5 heteroatoms. The van der Waals surface area contributed by atoms with Crippen molar-refractivity contribution in [2.45, 2.75) is 12.5 Å². The molecule has 2 fully saturated rings. The Hall–Kier alpha value is -1.28. The van der Waals surface area contributed by atoms with Gasteiger partial charge in [-0.2, -0.15) is 5.26 Å². The van der Waals surface area contributed by atoms with Crippen LogP contribution in [-0.2, 0) is 0 Å². The second-order valence-corrected chi connectivity index (χ2v) is 5.85. The summed E-state index contributed by atoms with van der Waals surface area (Å²) in [4.78, 5) is 4.94. The number of nitriles is 1. The van der Waals surface area contributed by atoms with E-state index in [2.05, 4.69) is 21.2 Å². The zero-order valence-electron chi connectivity index (χ0n) is 11.5. The smallest absolute Gasteiger partial charge is 0.101 e. The minimum Gasteiger partial charge on any atom is -0.369 e. The first-order valence-electron chi connectivity index (χ1n) is 7.17. The molecule has 0 spiro atoms. The van der Waals surface area contributed by atoms with Crippen LogP contribution in [0.2, 0.25) is 5.02 Å². The Morgan fingerprint density at radius 2 is 2.05 bits per heavy atom. The molecule has 106 valence electrons. The molecule has 4 nitrogen and oxygen atoms in total. The third-order valence-corrected chi connectivity index (χ3v) is 4.62. The second kappa shape index (κ2) is 6.01. The minimum atomic E-state index is 0.547. The molecule has 20 heavy (non-hydrogen) atoms. The predicted octanol–water partition coefficient (Wildman–Crippen LogP) is 1.70. The third kappa shape index (κ3) is 2.76. The lowest BCUT2D eigenvalue weighted by atomic mass is 10.1. The molecule has 1 N–H and O–H groups in total. The summed E-state index contributed by atoms with van der Waals surface area (Å²) in [5.41, 5.74) is 1.67. The van der Waals surface area contributed by atoms with Crippen molar-refractivity contribution in [2.75, 3.05) is 44.2 Å². The van der Waals surface area contributed by atoms with Crippen LogP contribution in [0, 0.1) is 11.3 Å². The molecule has 1 aromatic carbocycles. The number of piperazine rings is 1. The molecule has 1 aromatic rings. The number of anilines is 1. The molecule has 2 saturated heterocycles. The lowest BCUT2D eigenvalue weighted by Gasteiger charge is -2.39. The fraction of sp³-hybridized carbons (Fsp3) is 0.533. The van der Waals surface area contributed by atoms with Crippen LogP contribution in [0.1, 0.15) is 12.0 Å². The van der Waals surface area contributed by atoms with Gasteiger partial charge in [-0.05, 0) is 31.2 Å². The van der Waals surface area contributed by atoms with E-state index < -0.39 is 0 Å². The summed E-state index contributed by atoms with van der Waals surface area (Å²) in [6, 6.07) is 8.53. The summed E-state index contributed by atoms with van der Waals surface area (Å²) in [6.45, 7) is 6.53. The Morgan fingerprint density at radius 3 is 2.65 bits per heavy atom. The van der Waals surface area contributed by atoms with Crippen LogP contribution in [0.15, 0.2) is 18.2 Å². The van der Waals surface area contributed by atoms with Crippen molar-refractivity contribution in [3.05, 3.63) is 28.8 Å². The van der Waals surface area contributed by atoms with Crippen molar-refractivity contribution in [3.63, 3.8) is 0 Å². The average molecular weight is 291 g/mol. The first-order chi connectivity index (χ1) is 9.78. The van der Waals surface area contributed by atoms with E-state index in [1.54, 1.807) is 0 Å². The van der Waals surface area contributed by atoms with E-state index in [1.165, 1.54) is 6.42 Å². The molecule has 0 bridgehead atoms. The highest BCUT2D eigenvalue weighted by atomic mass is 35.5. The van der Waals surface area contributed by atoms with Crippen LogP contribution in [-0.4, -0.2) is 50.2 Å². The second-order valence-electron chi connectivity index (χ2n) is 5.45. The van der Waals surface area contributed by atoms with E-state index in [0.717, 1.165) is 45.0 Å². The normalized spacial score (nSPS) is 23.8. The Bertz CT molecular complexity index is 511. The minimum absolute atomic E-state index is 0.547. The number of benzene rings is 1. The van der Waals surface area contributed by atoms with E-state index >= 15 is 0 Å². The topological polar surface area (TPSA) is 42.3 Å². The molecule has 0 saturated carbocycles. The summed E-state index contributed by atoms with van der Waals surface area (Å²) < 4.78 is 0. The van der Waals surface area contributed by atoms with Crippen LogP contribution in [0.4, 0.5) is 5.69 Å². The Labute approximate surface area is 124 Å². The molecule has 0 radical (unpaired) electrons. The molecule has 2 heterocycles. The number of nitrogens with one attached hydrogen (secondary N) is 1. The van der Waals surface area contributed by atoms with Crippen molar-refractivity contribution in [1.82, 2.24) is 10.2 Å². The number of rotatable bonds is 2. The van der Waals surface area contributed by atoms with Gasteiger partial charge >= 0.3 is 0 Å². The van der Waals surface area contributed by atoms with Crippen LogP contribution >= 0.6 is 11.6 Å². The lowest BCUT2D eigenvalue weighted by Crippen LogP contribution is -2.51. The largest absolute Gasteiger partial charge is 0.369 e. The fourth-order valence-electron chi connectivity index (χ4n) is 3.09. The van der Waals surface area contributed by atoms with E-state index in [9.17, 15) is 0 Å². The van der Waals surface area contributed by atoms with Crippen LogP contribution in [0.5, 0.6) is 0 Å². The van der Waals surface area contributed by atoms with Crippen LogP contribution in [0.3, 0.4) is 0 Å². The van der Waals surface area contributed by atoms with E-state index in [0.29, 0.717) is 16.6 Å². The number of nitrogens with zero attached hydrogens (tertiary/aromatic N) is 3. The van der Waals surface area contributed by atoms with Gasteiger partial charge in [-0.25, -0.2) is 0 Å². The van der Waals surface area contributed by atoms with Gasteiger partial charge in [-0.3, -0.25) is 4.90 Å². The Balaban J connectivity index is 1.63.